The number of rotatable bonds is 4. The van der Waals surface area contributed by atoms with E-state index in [-0.39, 0.29) is 11.8 Å². The molecule has 2 atom stereocenters. The number of nitrogens with zero attached hydrogens (tertiary/aromatic N) is 1. The third-order valence-corrected chi connectivity index (χ3v) is 2.48. The van der Waals surface area contributed by atoms with Gasteiger partial charge in [0.15, 0.2) is 0 Å². The van der Waals surface area contributed by atoms with Gasteiger partial charge in [0.2, 0.25) is 5.91 Å². The third-order valence-electron chi connectivity index (χ3n) is 2.48. The molecule has 4 heteroatoms. The van der Waals surface area contributed by atoms with Crippen LogP contribution in [0.5, 0.6) is 0 Å². The second-order valence-corrected chi connectivity index (χ2v) is 3.62. The molecule has 0 aliphatic heterocycles. The fourth-order valence-electron chi connectivity index (χ4n) is 1.16. The molecule has 4 nitrogen and oxygen atoms in total. The van der Waals surface area contributed by atoms with Crippen molar-refractivity contribution in [2.75, 3.05) is 5.32 Å². The monoisotopic (exact) mass is 207 g/mol. The quantitative estimate of drug-likeness (QED) is 0.784. The van der Waals surface area contributed by atoms with E-state index in [0.29, 0.717) is 5.82 Å². The lowest BCUT2D eigenvalue weighted by atomic mass is 9.99. The standard InChI is InChI=1S/C11H17N3O/c1-3-8(2)10(12)11(15)14-9-6-4-5-7-13-9/h4-8,10H,3,12H2,1-2H3,(H,13,14,15)/t8?,10-/m0/s1. The Morgan fingerprint density at radius 3 is 2.87 bits per heavy atom. The molecule has 0 saturated carbocycles. The van der Waals surface area contributed by atoms with E-state index in [2.05, 4.69) is 10.3 Å². The van der Waals surface area contributed by atoms with Crippen LogP contribution in [-0.2, 0) is 4.79 Å². The van der Waals surface area contributed by atoms with Crippen LogP contribution in [0.3, 0.4) is 0 Å². The maximum atomic E-state index is 11.6. The van der Waals surface area contributed by atoms with Crippen molar-refractivity contribution in [1.82, 2.24) is 4.98 Å². The summed E-state index contributed by atoms with van der Waals surface area (Å²) in [6.45, 7) is 3.97. The van der Waals surface area contributed by atoms with E-state index in [1.54, 1.807) is 18.3 Å². The molecule has 1 aromatic rings. The number of nitrogens with two attached hydrogens (primary N) is 1. The van der Waals surface area contributed by atoms with Gasteiger partial charge in [-0.2, -0.15) is 0 Å². The fourth-order valence-corrected chi connectivity index (χ4v) is 1.16. The van der Waals surface area contributed by atoms with Crippen molar-refractivity contribution >= 4 is 11.7 Å². The number of amides is 1. The number of anilines is 1. The topological polar surface area (TPSA) is 68.0 Å². The van der Waals surface area contributed by atoms with E-state index in [1.165, 1.54) is 0 Å². The molecule has 1 heterocycles. The highest BCUT2D eigenvalue weighted by atomic mass is 16.2. The van der Waals surface area contributed by atoms with Crippen LogP contribution in [0.4, 0.5) is 5.82 Å². The molecular weight excluding hydrogens is 190 g/mol. The van der Waals surface area contributed by atoms with Gasteiger partial charge in [-0.15, -0.1) is 0 Å². The highest BCUT2D eigenvalue weighted by Crippen LogP contribution is 2.08. The van der Waals surface area contributed by atoms with Crippen LogP contribution in [0.2, 0.25) is 0 Å². The van der Waals surface area contributed by atoms with Crippen LogP contribution in [0, 0.1) is 5.92 Å². The zero-order valence-electron chi connectivity index (χ0n) is 9.10. The van der Waals surface area contributed by atoms with Crippen molar-refractivity contribution in [3.05, 3.63) is 24.4 Å². The first kappa shape index (κ1) is 11.7. The number of hydrogen-bond donors (Lipinski definition) is 2. The van der Waals surface area contributed by atoms with E-state index in [0.717, 1.165) is 6.42 Å². The van der Waals surface area contributed by atoms with E-state index in [4.69, 9.17) is 5.73 Å². The normalized spacial score (nSPS) is 14.3. The van der Waals surface area contributed by atoms with Crippen LogP contribution in [0.25, 0.3) is 0 Å². The van der Waals surface area contributed by atoms with E-state index in [9.17, 15) is 4.79 Å². The van der Waals surface area contributed by atoms with Crippen molar-refractivity contribution in [3.63, 3.8) is 0 Å². The summed E-state index contributed by atoms with van der Waals surface area (Å²) in [5.74, 6) is 0.540. The molecule has 0 aliphatic rings. The Labute approximate surface area is 89.9 Å². The van der Waals surface area contributed by atoms with Gasteiger partial charge in [0.05, 0.1) is 6.04 Å². The molecule has 0 aromatic carbocycles. The molecule has 0 saturated heterocycles. The molecule has 0 aliphatic carbocycles. The Kier molecular flexibility index (Phi) is 4.24. The summed E-state index contributed by atoms with van der Waals surface area (Å²) in [5.41, 5.74) is 5.78. The summed E-state index contributed by atoms with van der Waals surface area (Å²) in [6, 6.07) is 4.88. The zero-order chi connectivity index (χ0) is 11.3. The highest BCUT2D eigenvalue weighted by molar-refractivity contribution is 5.94. The second kappa shape index (κ2) is 5.46. The molecule has 1 unspecified atom stereocenters. The first-order valence-corrected chi connectivity index (χ1v) is 5.12. The zero-order valence-corrected chi connectivity index (χ0v) is 9.10. The Balaban J connectivity index is 2.56. The van der Waals surface area contributed by atoms with E-state index in [1.807, 2.05) is 19.9 Å². The molecule has 15 heavy (non-hydrogen) atoms. The molecule has 1 aromatic heterocycles. The van der Waals surface area contributed by atoms with Crippen LogP contribution in [0.1, 0.15) is 20.3 Å². The summed E-state index contributed by atoms with van der Waals surface area (Å²) in [6.07, 6.45) is 2.52. The van der Waals surface area contributed by atoms with Gasteiger partial charge >= 0.3 is 0 Å². The van der Waals surface area contributed by atoms with Gasteiger partial charge in [-0.1, -0.05) is 26.3 Å². The van der Waals surface area contributed by atoms with Crippen LogP contribution in [-0.4, -0.2) is 16.9 Å². The lowest BCUT2D eigenvalue weighted by Crippen LogP contribution is -2.40. The molecule has 1 amide bonds. The number of pyridine rings is 1. The number of nitrogens with one attached hydrogen (secondary N) is 1. The summed E-state index contributed by atoms with van der Waals surface area (Å²) in [4.78, 5) is 15.6. The minimum absolute atomic E-state index is 0.175. The maximum Gasteiger partial charge on any atom is 0.242 e. The number of carbonyl (C=O) groups excluding carboxylic acids is 1. The van der Waals surface area contributed by atoms with Gasteiger partial charge in [-0.3, -0.25) is 4.79 Å². The molecule has 3 N–H and O–H groups in total. The first-order valence-electron chi connectivity index (χ1n) is 5.12. The molecule has 1 rings (SSSR count). The van der Waals surface area contributed by atoms with Crippen molar-refractivity contribution in [3.8, 4) is 0 Å². The Morgan fingerprint density at radius 2 is 2.33 bits per heavy atom. The van der Waals surface area contributed by atoms with Gasteiger partial charge in [-0.25, -0.2) is 4.98 Å². The van der Waals surface area contributed by atoms with Gasteiger partial charge < -0.3 is 11.1 Å². The summed E-state index contributed by atoms with van der Waals surface area (Å²) in [5, 5.41) is 2.68. The van der Waals surface area contributed by atoms with Crippen LogP contribution >= 0.6 is 0 Å². The summed E-state index contributed by atoms with van der Waals surface area (Å²) in [7, 11) is 0. The van der Waals surface area contributed by atoms with Crippen molar-refractivity contribution < 1.29 is 4.79 Å². The highest BCUT2D eigenvalue weighted by Gasteiger charge is 2.19. The molecule has 0 fully saturated rings. The maximum absolute atomic E-state index is 11.6. The van der Waals surface area contributed by atoms with Crippen LogP contribution in [0.15, 0.2) is 24.4 Å². The minimum atomic E-state index is -0.475. The number of carbonyl (C=O) groups is 1. The first-order chi connectivity index (χ1) is 7.15. The average Bonchev–Trinajstić information content (AvgIpc) is 2.28. The average molecular weight is 207 g/mol. The Hall–Kier alpha value is -1.42. The van der Waals surface area contributed by atoms with Gasteiger partial charge in [-0.05, 0) is 18.1 Å². The third kappa shape index (κ3) is 3.32. The predicted molar refractivity (Wildman–Crippen MR) is 60.3 cm³/mol. The minimum Gasteiger partial charge on any atom is -0.320 e. The lowest BCUT2D eigenvalue weighted by Gasteiger charge is -2.17. The van der Waals surface area contributed by atoms with Gasteiger partial charge in [0.1, 0.15) is 5.82 Å². The Bertz CT molecular complexity index is 313. The van der Waals surface area contributed by atoms with Gasteiger partial charge in [0.25, 0.3) is 0 Å². The second-order valence-electron chi connectivity index (χ2n) is 3.62. The lowest BCUT2D eigenvalue weighted by molar-refractivity contribution is -0.118. The smallest absolute Gasteiger partial charge is 0.242 e. The van der Waals surface area contributed by atoms with Crippen LogP contribution < -0.4 is 11.1 Å². The SMILES string of the molecule is CCC(C)[C@H](N)C(=O)Nc1ccccn1. The molecular formula is C11H17N3O. The predicted octanol–water partition coefficient (Wildman–Crippen LogP) is 1.39. The molecule has 0 bridgehead atoms. The van der Waals surface area contributed by atoms with Gasteiger partial charge in [0, 0.05) is 6.20 Å². The van der Waals surface area contributed by atoms with E-state index >= 15 is 0 Å². The summed E-state index contributed by atoms with van der Waals surface area (Å²) < 4.78 is 0. The number of aromatic nitrogens is 1. The van der Waals surface area contributed by atoms with Crippen molar-refractivity contribution in [2.45, 2.75) is 26.3 Å². The molecule has 82 valence electrons. The molecule has 0 radical (unpaired) electrons. The molecule has 0 spiro atoms. The summed E-state index contributed by atoms with van der Waals surface area (Å²) >= 11 is 0. The Morgan fingerprint density at radius 1 is 1.60 bits per heavy atom. The largest absolute Gasteiger partial charge is 0.320 e. The van der Waals surface area contributed by atoms with E-state index < -0.39 is 6.04 Å². The fraction of sp³-hybridized carbons (Fsp3) is 0.455. The number of hydrogen-bond acceptors (Lipinski definition) is 3. The van der Waals surface area contributed by atoms with Crippen molar-refractivity contribution in [1.29, 1.82) is 0 Å². The van der Waals surface area contributed by atoms with Crippen molar-refractivity contribution in [2.24, 2.45) is 11.7 Å².